The number of benzene rings is 1. The fourth-order valence-corrected chi connectivity index (χ4v) is 4.89. The molecule has 0 aliphatic carbocycles. The molecule has 3 aromatic rings. The molecule has 4 N–H and O–H groups in total. The maximum absolute atomic E-state index is 13.1. The average Bonchev–Trinajstić information content (AvgIpc) is 3.50. The van der Waals surface area contributed by atoms with Crippen LogP contribution in [0.25, 0.3) is 0 Å². The second-order valence-electron chi connectivity index (χ2n) is 9.89. The number of carboxylic acid groups (broad SMARTS) is 1. The lowest BCUT2D eigenvalue weighted by Crippen LogP contribution is -2.49. The lowest BCUT2D eigenvalue weighted by molar-refractivity contribution is -0.115. The van der Waals surface area contributed by atoms with Gasteiger partial charge in [-0.15, -0.1) is 0 Å². The van der Waals surface area contributed by atoms with Crippen LogP contribution < -0.4 is 21.5 Å². The van der Waals surface area contributed by atoms with E-state index in [-0.39, 0.29) is 34.6 Å². The Balaban J connectivity index is 1.41. The van der Waals surface area contributed by atoms with Crippen molar-refractivity contribution in [1.29, 1.82) is 0 Å². The second-order valence-corrected chi connectivity index (χ2v) is 9.89. The van der Waals surface area contributed by atoms with Crippen LogP contribution in [0.3, 0.4) is 0 Å². The van der Waals surface area contributed by atoms with Crippen molar-refractivity contribution < 1.29 is 33.7 Å². The van der Waals surface area contributed by atoms with E-state index in [2.05, 4.69) is 10.6 Å². The summed E-state index contributed by atoms with van der Waals surface area (Å²) in [6.07, 6.45) is -1.57. The zero-order valence-electron chi connectivity index (χ0n) is 20.8. The summed E-state index contributed by atoms with van der Waals surface area (Å²) in [5.74, 6) is 0.213. The third-order valence-corrected chi connectivity index (χ3v) is 7.03. The standard InChI is InChI=1S/C26H27N3O9/c1-13-8-9-16(37-13)23(26(2)11-36-12-26)28-19-18(21(31)22(19)32)27-15-6-3-5-14(20(15)30)24(33)29-10-4-7-17(29)38-25(34)35/h3,5-6,8-9,17,23,27-28,30H,4,7,10-12H2,1-2H3,(H,34,35)/t17-,23?/m1/s1. The molecule has 2 fully saturated rings. The van der Waals surface area contributed by atoms with E-state index in [0.717, 1.165) is 0 Å². The highest BCUT2D eigenvalue weighted by Crippen LogP contribution is 2.43. The zero-order chi connectivity index (χ0) is 27.2. The van der Waals surface area contributed by atoms with E-state index < -0.39 is 40.9 Å². The molecule has 12 heteroatoms. The molecule has 5 rings (SSSR count). The quantitative estimate of drug-likeness (QED) is 0.194. The van der Waals surface area contributed by atoms with Crippen LogP contribution in [0.4, 0.5) is 21.9 Å². The van der Waals surface area contributed by atoms with Crippen molar-refractivity contribution in [2.45, 2.75) is 39.0 Å². The summed E-state index contributed by atoms with van der Waals surface area (Å²) in [7, 11) is 0. The van der Waals surface area contributed by atoms with Crippen LogP contribution in [-0.4, -0.2) is 53.2 Å². The molecule has 1 amide bonds. The molecule has 0 spiro atoms. The average molecular weight is 526 g/mol. The van der Waals surface area contributed by atoms with Crippen LogP contribution >= 0.6 is 0 Å². The Morgan fingerprint density at radius 2 is 1.89 bits per heavy atom. The van der Waals surface area contributed by atoms with E-state index in [1.54, 1.807) is 19.1 Å². The van der Waals surface area contributed by atoms with Gasteiger partial charge in [0.1, 0.15) is 22.9 Å². The Labute approximate surface area is 216 Å². The first-order valence-electron chi connectivity index (χ1n) is 12.1. The molecular weight excluding hydrogens is 498 g/mol. The number of carbonyl (C=O) groups excluding carboxylic acids is 1. The molecular formula is C26H27N3O9. The van der Waals surface area contributed by atoms with Gasteiger partial charge in [0, 0.05) is 18.4 Å². The summed E-state index contributed by atoms with van der Waals surface area (Å²) >= 11 is 0. The van der Waals surface area contributed by atoms with Crippen LogP contribution in [0, 0.1) is 12.3 Å². The molecule has 0 saturated carbocycles. The topological polar surface area (TPSA) is 168 Å². The van der Waals surface area contributed by atoms with Gasteiger partial charge < -0.3 is 39.6 Å². The molecule has 38 heavy (non-hydrogen) atoms. The van der Waals surface area contributed by atoms with E-state index in [1.807, 2.05) is 6.92 Å². The van der Waals surface area contributed by atoms with Crippen LogP contribution in [0.15, 0.2) is 44.3 Å². The van der Waals surface area contributed by atoms with Crippen LogP contribution in [-0.2, 0) is 9.47 Å². The molecule has 3 heterocycles. The Morgan fingerprint density at radius 1 is 1.16 bits per heavy atom. The molecule has 2 saturated heterocycles. The molecule has 2 aliphatic heterocycles. The number of hydrogen-bond donors (Lipinski definition) is 4. The highest BCUT2D eigenvalue weighted by molar-refractivity contribution is 5.99. The summed E-state index contributed by atoms with van der Waals surface area (Å²) in [6.45, 7) is 4.90. The minimum atomic E-state index is -1.50. The number of carbonyl (C=O) groups is 2. The number of hydrogen-bond acceptors (Lipinski definition) is 10. The number of aryl methyl sites for hydroxylation is 1. The summed E-state index contributed by atoms with van der Waals surface area (Å²) < 4.78 is 16.0. The van der Waals surface area contributed by atoms with Crippen LogP contribution in [0.5, 0.6) is 5.75 Å². The number of ether oxygens (including phenoxy) is 2. The van der Waals surface area contributed by atoms with Crippen molar-refractivity contribution in [3.8, 4) is 5.75 Å². The molecule has 0 bridgehead atoms. The monoisotopic (exact) mass is 525 g/mol. The maximum Gasteiger partial charge on any atom is 0.507 e. The number of phenolic OH excluding ortho intramolecular Hbond substituents is 1. The molecule has 2 aliphatic rings. The van der Waals surface area contributed by atoms with Crippen LogP contribution in [0.2, 0.25) is 0 Å². The van der Waals surface area contributed by atoms with Gasteiger partial charge in [-0.2, -0.15) is 0 Å². The minimum absolute atomic E-state index is 0.0319. The first-order valence-corrected chi connectivity index (χ1v) is 12.1. The third kappa shape index (κ3) is 4.36. The summed E-state index contributed by atoms with van der Waals surface area (Å²) in [5, 5.41) is 25.8. The summed E-state index contributed by atoms with van der Waals surface area (Å²) in [6, 6.07) is 7.48. The molecule has 12 nitrogen and oxygen atoms in total. The number of anilines is 3. The van der Waals surface area contributed by atoms with E-state index in [1.165, 1.54) is 23.1 Å². The summed E-state index contributed by atoms with van der Waals surface area (Å²) in [5.41, 5.74) is -1.98. The number of nitrogens with one attached hydrogen (secondary N) is 2. The largest absolute Gasteiger partial charge is 0.507 e. The smallest absolute Gasteiger partial charge is 0.505 e. The Morgan fingerprint density at radius 3 is 2.53 bits per heavy atom. The van der Waals surface area contributed by atoms with Crippen LogP contribution in [0.1, 0.15) is 47.7 Å². The van der Waals surface area contributed by atoms with Gasteiger partial charge in [0.15, 0.2) is 12.0 Å². The molecule has 1 aromatic heterocycles. The number of rotatable bonds is 8. The van der Waals surface area contributed by atoms with E-state index in [0.29, 0.717) is 37.6 Å². The minimum Gasteiger partial charge on any atom is -0.505 e. The van der Waals surface area contributed by atoms with Gasteiger partial charge in [-0.3, -0.25) is 14.4 Å². The van der Waals surface area contributed by atoms with Crippen molar-refractivity contribution in [2.24, 2.45) is 5.41 Å². The number of likely N-dealkylation sites (tertiary alicyclic amines) is 1. The van der Waals surface area contributed by atoms with Crippen molar-refractivity contribution >= 4 is 29.1 Å². The van der Waals surface area contributed by atoms with Gasteiger partial charge in [-0.1, -0.05) is 13.0 Å². The lowest BCUT2D eigenvalue weighted by atomic mass is 9.79. The van der Waals surface area contributed by atoms with Crippen molar-refractivity contribution in [1.82, 2.24) is 4.90 Å². The predicted molar refractivity (Wildman–Crippen MR) is 135 cm³/mol. The van der Waals surface area contributed by atoms with Gasteiger partial charge in [-0.05, 0) is 37.6 Å². The van der Waals surface area contributed by atoms with Crippen molar-refractivity contribution in [3.05, 3.63) is 67.9 Å². The van der Waals surface area contributed by atoms with Crippen molar-refractivity contribution in [3.63, 3.8) is 0 Å². The zero-order valence-corrected chi connectivity index (χ0v) is 20.8. The first kappa shape index (κ1) is 25.3. The number of nitrogens with zero attached hydrogens (tertiary/aromatic N) is 1. The molecule has 200 valence electrons. The van der Waals surface area contributed by atoms with Gasteiger partial charge in [0.2, 0.25) is 0 Å². The second kappa shape index (κ2) is 9.53. The lowest BCUT2D eigenvalue weighted by Gasteiger charge is -2.44. The Kier molecular flexibility index (Phi) is 6.35. The fourth-order valence-electron chi connectivity index (χ4n) is 4.89. The van der Waals surface area contributed by atoms with Gasteiger partial charge in [-0.25, -0.2) is 4.79 Å². The SMILES string of the molecule is Cc1ccc(C(Nc2c(Nc3cccc(C(=O)N4CCC[C@H]4OC(=O)O)c3O)c(=O)c2=O)C2(C)COC2)o1. The van der Waals surface area contributed by atoms with E-state index in [9.17, 15) is 24.3 Å². The number of phenols is 1. The van der Waals surface area contributed by atoms with Crippen molar-refractivity contribution in [2.75, 3.05) is 30.4 Å². The number of amides is 1. The van der Waals surface area contributed by atoms with E-state index >= 15 is 0 Å². The normalized spacial score (nSPS) is 19.1. The van der Waals surface area contributed by atoms with Gasteiger partial charge in [0.05, 0.1) is 30.5 Å². The maximum atomic E-state index is 13.1. The Hall–Kier alpha value is -4.32. The predicted octanol–water partition coefficient (Wildman–Crippen LogP) is 3.08. The summed E-state index contributed by atoms with van der Waals surface area (Å²) in [4.78, 5) is 50.4. The fraction of sp³-hybridized carbons (Fsp3) is 0.385. The molecule has 2 atom stereocenters. The molecule has 1 unspecified atom stereocenters. The highest BCUT2D eigenvalue weighted by atomic mass is 16.7. The Bertz CT molecular complexity index is 1470. The van der Waals surface area contributed by atoms with Gasteiger partial charge >= 0.3 is 6.16 Å². The molecule has 0 radical (unpaired) electrons. The highest BCUT2D eigenvalue weighted by Gasteiger charge is 2.45. The van der Waals surface area contributed by atoms with Gasteiger partial charge in [0.25, 0.3) is 16.8 Å². The van der Waals surface area contributed by atoms with E-state index in [4.69, 9.17) is 19.0 Å². The number of furan rings is 1. The first-order chi connectivity index (χ1) is 18.1. The molecule has 2 aromatic carbocycles. The third-order valence-electron chi connectivity index (χ3n) is 7.03. The number of para-hydroxylation sites is 1. The number of aromatic hydroxyl groups is 1.